The van der Waals surface area contributed by atoms with Gasteiger partial charge in [0.05, 0.1) is 5.69 Å². The highest BCUT2D eigenvalue weighted by atomic mass is 127. The summed E-state index contributed by atoms with van der Waals surface area (Å²) in [5.74, 6) is 0.326. The van der Waals surface area contributed by atoms with E-state index in [2.05, 4.69) is 33.6 Å². The lowest BCUT2D eigenvalue weighted by atomic mass is 10.1. The van der Waals surface area contributed by atoms with E-state index in [0.29, 0.717) is 11.9 Å². The highest BCUT2D eigenvalue weighted by Gasteiger charge is 2.35. The van der Waals surface area contributed by atoms with Gasteiger partial charge in [-0.05, 0) is 47.2 Å². The van der Waals surface area contributed by atoms with Gasteiger partial charge in [0.15, 0.2) is 0 Å². The van der Waals surface area contributed by atoms with E-state index in [0.717, 1.165) is 38.2 Å². The lowest BCUT2D eigenvalue weighted by molar-refractivity contribution is -0.129. The number of benzene rings is 1. The van der Waals surface area contributed by atoms with Crippen LogP contribution in [0.3, 0.4) is 0 Å². The zero-order valence-electron chi connectivity index (χ0n) is 10.1. The molecule has 4 nitrogen and oxygen atoms in total. The maximum absolute atomic E-state index is 11.7. The summed E-state index contributed by atoms with van der Waals surface area (Å²) < 4.78 is 1.19. The van der Waals surface area contributed by atoms with Crippen LogP contribution in [-0.4, -0.2) is 36.5 Å². The first-order chi connectivity index (χ1) is 8.65. The molecule has 0 aliphatic carbocycles. The molecule has 1 atom stereocenters. The summed E-state index contributed by atoms with van der Waals surface area (Å²) >= 11 is 2.33. The predicted molar refractivity (Wildman–Crippen MR) is 80.5 cm³/mol. The number of piperazine rings is 1. The third kappa shape index (κ3) is 2.04. The second-order valence-electron chi connectivity index (χ2n) is 4.94. The Hall–Kier alpha value is -0.980. The van der Waals surface area contributed by atoms with Crippen LogP contribution in [0.15, 0.2) is 18.2 Å². The van der Waals surface area contributed by atoms with E-state index >= 15 is 0 Å². The summed E-state index contributed by atoms with van der Waals surface area (Å²) in [4.78, 5) is 16.1. The number of anilines is 2. The molecule has 2 heterocycles. The Morgan fingerprint density at radius 2 is 2.17 bits per heavy atom. The highest BCUT2D eigenvalue weighted by molar-refractivity contribution is 14.1. The molecule has 0 bridgehead atoms. The molecule has 3 rings (SSSR count). The van der Waals surface area contributed by atoms with E-state index in [1.54, 1.807) is 0 Å². The highest BCUT2D eigenvalue weighted by Crippen LogP contribution is 2.30. The fourth-order valence-corrected chi connectivity index (χ4v) is 3.74. The smallest absolute Gasteiger partial charge is 0.223 e. The Morgan fingerprint density at radius 3 is 2.94 bits per heavy atom. The van der Waals surface area contributed by atoms with E-state index in [4.69, 9.17) is 5.73 Å². The van der Waals surface area contributed by atoms with Gasteiger partial charge in [-0.3, -0.25) is 4.79 Å². The number of amides is 1. The minimum absolute atomic E-state index is 0.326. The molecule has 1 aromatic carbocycles. The van der Waals surface area contributed by atoms with E-state index in [1.807, 2.05) is 17.0 Å². The van der Waals surface area contributed by atoms with Gasteiger partial charge in [-0.25, -0.2) is 0 Å². The molecule has 0 radical (unpaired) electrons. The molecule has 0 aromatic heterocycles. The Labute approximate surface area is 120 Å². The molecule has 2 N–H and O–H groups in total. The fraction of sp³-hybridized carbons (Fsp3) is 0.462. The average Bonchev–Trinajstić information content (AvgIpc) is 2.71. The standard InChI is InChI=1S/C13H16IN3O/c14-11-7-9(15)1-3-12(11)16-5-6-17-10(8-16)2-4-13(17)18/h1,3,7,10H,2,4-6,8,15H2. The van der Waals surface area contributed by atoms with Crippen molar-refractivity contribution in [2.45, 2.75) is 18.9 Å². The number of carbonyl (C=O) groups excluding carboxylic acids is 1. The monoisotopic (exact) mass is 357 g/mol. The molecule has 2 aliphatic rings. The first-order valence-corrected chi connectivity index (χ1v) is 7.32. The van der Waals surface area contributed by atoms with Gasteiger partial charge in [-0.15, -0.1) is 0 Å². The molecule has 2 fully saturated rings. The zero-order chi connectivity index (χ0) is 12.7. The van der Waals surface area contributed by atoms with Crippen LogP contribution in [0.1, 0.15) is 12.8 Å². The van der Waals surface area contributed by atoms with Crippen LogP contribution < -0.4 is 10.6 Å². The minimum atomic E-state index is 0.326. The van der Waals surface area contributed by atoms with Crippen molar-refractivity contribution >= 4 is 39.9 Å². The topological polar surface area (TPSA) is 49.6 Å². The van der Waals surface area contributed by atoms with Gasteiger partial charge in [0.25, 0.3) is 0 Å². The Morgan fingerprint density at radius 1 is 1.33 bits per heavy atom. The Balaban J connectivity index is 1.80. The van der Waals surface area contributed by atoms with E-state index in [9.17, 15) is 4.79 Å². The van der Waals surface area contributed by atoms with Gasteiger partial charge in [0, 0.05) is 41.4 Å². The first-order valence-electron chi connectivity index (χ1n) is 6.24. The van der Waals surface area contributed by atoms with Crippen molar-refractivity contribution in [2.75, 3.05) is 30.3 Å². The predicted octanol–water partition coefficient (Wildman–Crippen LogP) is 1.68. The third-order valence-corrected chi connectivity index (χ3v) is 4.67. The number of nitrogens with two attached hydrogens (primary N) is 1. The van der Waals surface area contributed by atoms with Gasteiger partial charge < -0.3 is 15.5 Å². The van der Waals surface area contributed by atoms with Crippen LogP contribution in [0.4, 0.5) is 11.4 Å². The van der Waals surface area contributed by atoms with Crippen LogP contribution in [-0.2, 0) is 4.79 Å². The van der Waals surface area contributed by atoms with Gasteiger partial charge >= 0.3 is 0 Å². The molecule has 1 unspecified atom stereocenters. The molecule has 96 valence electrons. The second kappa shape index (κ2) is 4.60. The van der Waals surface area contributed by atoms with Crippen LogP contribution >= 0.6 is 22.6 Å². The summed E-state index contributed by atoms with van der Waals surface area (Å²) in [7, 11) is 0. The van der Waals surface area contributed by atoms with Gasteiger partial charge in [0.1, 0.15) is 0 Å². The number of carbonyl (C=O) groups is 1. The summed E-state index contributed by atoms with van der Waals surface area (Å²) in [6, 6.07) is 6.44. The summed E-state index contributed by atoms with van der Waals surface area (Å²) in [6.07, 6.45) is 1.72. The van der Waals surface area contributed by atoms with Crippen molar-refractivity contribution in [3.05, 3.63) is 21.8 Å². The maximum Gasteiger partial charge on any atom is 0.223 e. The Bertz CT molecular complexity index is 491. The molecule has 0 saturated carbocycles. The largest absolute Gasteiger partial charge is 0.399 e. The van der Waals surface area contributed by atoms with Crippen LogP contribution in [0.25, 0.3) is 0 Å². The van der Waals surface area contributed by atoms with Crippen molar-refractivity contribution in [3.63, 3.8) is 0 Å². The van der Waals surface area contributed by atoms with Crippen molar-refractivity contribution in [1.29, 1.82) is 0 Å². The Kier molecular flexibility index (Phi) is 3.09. The molecule has 0 spiro atoms. The number of hydrogen-bond acceptors (Lipinski definition) is 3. The van der Waals surface area contributed by atoms with Crippen molar-refractivity contribution in [3.8, 4) is 0 Å². The van der Waals surface area contributed by atoms with E-state index < -0.39 is 0 Å². The van der Waals surface area contributed by atoms with Gasteiger partial charge in [0.2, 0.25) is 5.91 Å². The third-order valence-electron chi connectivity index (χ3n) is 3.81. The quantitative estimate of drug-likeness (QED) is 0.615. The molecule has 2 aliphatic heterocycles. The summed E-state index contributed by atoms with van der Waals surface area (Å²) in [5.41, 5.74) is 7.83. The molecule has 1 aromatic rings. The van der Waals surface area contributed by atoms with Crippen molar-refractivity contribution < 1.29 is 4.79 Å². The number of nitrogens with zero attached hydrogens (tertiary/aromatic N) is 2. The number of nitrogen functional groups attached to an aromatic ring is 1. The van der Waals surface area contributed by atoms with Crippen molar-refractivity contribution in [1.82, 2.24) is 4.90 Å². The van der Waals surface area contributed by atoms with Crippen LogP contribution in [0, 0.1) is 3.57 Å². The van der Waals surface area contributed by atoms with E-state index in [-0.39, 0.29) is 0 Å². The molecule has 5 heteroatoms. The average molecular weight is 357 g/mol. The number of halogens is 1. The number of hydrogen-bond donors (Lipinski definition) is 1. The number of rotatable bonds is 1. The normalized spacial score (nSPS) is 23.4. The summed E-state index contributed by atoms with van der Waals surface area (Å²) in [5, 5.41) is 0. The van der Waals surface area contributed by atoms with E-state index in [1.165, 1.54) is 9.26 Å². The van der Waals surface area contributed by atoms with Gasteiger partial charge in [-0.2, -0.15) is 0 Å². The maximum atomic E-state index is 11.7. The first kappa shape index (κ1) is 12.1. The van der Waals surface area contributed by atoms with Crippen LogP contribution in [0.2, 0.25) is 0 Å². The summed E-state index contributed by atoms with van der Waals surface area (Å²) in [6.45, 7) is 2.72. The molecular formula is C13H16IN3O. The zero-order valence-corrected chi connectivity index (χ0v) is 12.3. The molecule has 1 amide bonds. The lowest BCUT2D eigenvalue weighted by Gasteiger charge is -2.39. The van der Waals surface area contributed by atoms with Crippen LogP contribution in [0.5, 0.6) is 0 Å². The fourth-order valence-electron chi connectivity index (χ4n) is 2.86. The molecule has 18 heavy (non-hydrogen) atoms. The van der Waals surface area contributed by atoms with Crippen molar-refractivity contribution in [2.24, 2.45) is 0 Å². The lowest BCUT2D eigenvalue weighted by Crippen LogP contribution is -2.51. The number of fused-ring (bicyclic) bond motifs is 1. The molecule has 2 saturated heterocycles. The second-order valence-corrected chi connectivity index (χ2v) is 6.10. The van der Waals surface area contributed by atoms with Gasteiger partial charge in [-0.1, -0.05) is 0 Å². The minimum Gasteiger partial charge on any atom is -0.399 e. The molecular weight excluding hydrogens is 341 g/mol. The SMILES string of the molecule is Nc1ccc(N2CCN3C(=O)CCC3C2)c(I)c1.